The maximum atomic E-state index is 12.6. The van der Waals surface area contributed by atoms with E-state index in [0.29, 0.717) is 11.3 Å². The van der Waals surface area contributed by atoms with Crippen LogP contribution in [-0.4, -0.2) is 38.7 Å². The molecule has 0 fully saturated rings. The van der Waals surface area contributed by atoms with Crippen molar-refractivity contribution in [2.45, 2.75) is 12.3 Å². The second-order valence-corrected chi connectivity index (χ2v) is 5.98. The molecule has 0 aliphatic heterocycles. The summed E-state index contributed by atoms with van der Waals surface area (Å²) in [4.78, 5) is 20.1. The van der Waals surface area contributed by atoms with Gasteiger partial charge >= 0.3 is 6.18 Å². The van der Waals surface area contributed by atoms with Crippen molar-refractivity contribution >= 4 is 5.78 Å². The highest BCUT2D eigenvalue weighted by Crippen LogP contribution is 2.31. The molecule has 3 aromatic rings. The molecule has 1 aromatic heterocycles. The van der Waals surface area contributed by atoms with Gasteiger partial charge in [0.05, 0.1) is 12.2 Å². The number of aliphatic hydroxyl groups is 2. The zero-order chi connectivity index (χ0) is 21.0. The number of hydrogen-bond donors (Lipinski definition) is 2. The second-order valence-electron chi connectivity index (χ2n) is 5.98. The molecule has 3 rings (SSSR count). The van der Waals surface area contributed by atoms with Crippen molar-refractivity contribution in [1.82, 2.24) is 9.97 Å². The standard InChI is InChI=1S/C20H15F3N2O4/c21-20(22,23)13-3-7-15(8-4-13)29-14-5-1-12(2-6-14)19-24-10-9-16(25-19)18(28)17(27)11-26/h1-10,17,26-27H,11H2/t17-/m0/s1. The Morgan fingerprint density at radius 1 is 1.00 bits per heavy atom. The van der Waals surface area contributed by atoms with Gasteiger partial charge in [0.25, 0.3) is 0 Å². The first-order valence-electron chi connectivity index (χ1n) is 8.39. The third-order valence-corrected chi connectivity index (χ3v) is 3.91. The Morgan fingerprint density at radius 3 is 2.14 bits per heavy atom. The summed E-state index contributed by atoms with van der Waals surface area (Å²) in [5.41, 5.74) is -0.252. The minimum absolute atomic E-state index is 0.0402. The fourth-order valence-corrected chi connectivity index (χ4v) is 2.41. The molecule has 0 saturated heterocycles. The van der Waals surface area contributed by atoms with Crippen LogP contribution in [0.15, 0.2) is 60.8 Å². The number of halogens is 3. The number of alkyl halides is 3. The maximum absolute atomic E-state index is 12.6. The molecule has 2 aromatic carbocycles. The topological polar surface area (TPSA) is 92.5 Å². The number of nitrogens with zero attached hydrogens (tertiary/aromatic N) is 2. The van der Waals surface area contributed by atoms with Gasteiger partial charge in [-0.2, -0.15) is 13.2 Å². The quantitative estimate of drug-likeness (QED) is 0.611. The molecule has 0 spiro atoms. The van der Waals surface area contributed by atoms with E-state index in [1.54, 1.807) is 24.3 Å². The summed E-state index contributed by atoms with van der Waals surface area (Å²) in [5, 5.41) is 18.3. The molecular formula is C20H15F3N2O4. The van der Waals surface area contributed by atoms with Crippen LogP contribution < -0.4 is 4.74 Å². The normalized spacial score (nSPS) is 12.4. The van der Waals surface area contributed by atoms with Gasteiger partial charge in [0.1, 0.15) is 23.3 Å². The molecule has 6 nitrogen and oxygen atoms in total. The maximum Gasteiger partial charge on any atom is 0.416 e. The van der Waals surface area contributed by atoms with E-state index in [1.165, 1.54) is 24.4 Å². The Hall–Kier alpha value is -3.30. The van der Waals surface area contributed by atoms with Gasteiger partial charge in [-0.05, 0) is 54.6 Å². The molecule has 0 aliphatic carbocycles. The SMILES string of the molecule is O=C(c1ccnc(-c2ccc(Oc3ccc(C(F)(F)F)cc3)cc2)n1)[C@@H](O)CO. The highest BCUT2D eigenvalue weighted by atomic mass is 19.4. The Kier molecular flexibility index (Phi) is 5.90. The largest absolute Gasteiger partial charge is 0.457 e. The summed E-state index contributed by atoms with van der Waals surface area (Å²) in [6, 6.07) is 12.0. The van der Waals surface area contributed by atoms with Crippen LogP contribution in [0.2, 0.25) is 0 Å². The summed E-state index contributed by atoms with van der Waals surface area (Å²) < 4.78 is 43.3. The molecule has 0 aliphatic rings. The fourth-order valence-electron chi connectivity index (χ4n) is 2.41. The lowest BCUT2D eigenvalue weighted by molar-refractivity contribution is -0.137. The number of ketones is 1. The molecule has 0 bridgehead atoms. The van der Waals surface area contributed by atoms with Crippen molar-refractivity contribution in [2.75, 3.05) is 6.61 Å². The Labute approximate surface area is 163 Å². The van der Waals surface area contributed by atoms with Crippen molar-refractivity contribution in [2.24, 2.45) is 0 Å². The van der Waals surface area contributed by atoms with Crippen LogP contribution in [0.5, 0.6) is 11.5 Å². The lowest BCUT2D eigenvalue weighted by Crippen LogP contribution is -2.25. The van der Waals surface area contributed by atoms with Crippen LogP contribution in [-0.2, 0) is 6.18 Å². The molecule has 29 heavy (non-hydrogen) atoms. The monoisotopic (exact) mass is 404 g/mol. The molecule has 1 atom stereocenters. The summed E-state index contributed by atoms with van der Waals surface area (Å²) >= 11 is 0. The van der Waals surface area contributed by atoms with Crippen LogP contribution in [0.3, 0.4) is 0 Å². The van der Waals surface area contributed by atoms with Gasteiger partial charge in [-0.25, -0.2) is 9.97 Å². The van der Waals surface area contributed by atoms with Gasteiger partial charge in [0, 0.05) is 11.8 Å². The number of hydrogen-bond acceptors (Lipinski definition) is 6. The van der Waals surface area contributed by atoms with E-state index in [0.717, 1.165) is 12.1 Å². The van der Waals surface area contributed by atoms with Crippen LogP contribution in [0.25, 0.3) is 11.4 Å². The molecule has 9 heteroatoms. The molecule has 0 amide bonds. The Balaban J connectivity index is 1.74. The third kappa shape index (κ3) is 4.95. The smallest absolute Gasteiger partial charge is 0.416 e. The first-order valence-corrected chi connectivity index (χ1v) is 8.39. The van der Waals surface area contributed by atoms with E-state index >= 15 is 0 Å². The van der Waals surface area contributed by atoms with Gasteiger partial charge < -0.3 is 14.9 Å². The first kappa shape index (κ1) is 20.4. The van der Waals surface area contributed by atoms with Crippen LogP contribution >= 0.6 is 0 Å². The predicted molar refractivity (Wildman–Crippen MR) is 96.4 cm³/mol. The number of ether oxygens (including phenoxy) is 1. The number of carbonyl (C=O) groups excluding carboxylic acids is 1. The van der Waals surface area contributed by atoms with Gasteiger partial charge in [-0.3, -0.25) is 4.79 Å². The van der Waals surface area contributed by atoms with Crippen molar-refractivity contribution < 1.29 is 32.9 Å². The second kappa shape index (κ2) is 8.38. The van der Waals surface area contributed by atoms with Crippen molar-refractivity contribution in [3.05, 3.63) is 72.1 Å². The van der Waals surface area contributed by atoms with E-state index in [9.17, 15) is 23.1 Å². The van der Waals surface area contributed by atoms with E-state index < -0.39 is 30.2 Å². The van der Waals surface area contributed by atoms with Gasteiger partial charge in [0.2, 0.25) is 5.78 Å². The fraction of sp³-hybridized carbons (Fsp3) is 0.150. The lowest BCUT2D eigenvalue weighted by Gasteiger charge is -2.10. The van der Waals surface area contributed by atoms with E-state index in [1.807, 2.05) is 0 Å². The van der Waals surface area contributed by atoms with Gasteiger partial charge in [0.15, 0.2) is 5.82 Å². The van der Waals surface area contributed by atoms with Crippen LogP contribution in [0.1, 0.15) is 16.1 Å². The zero-order valence-electron chi connectivity index (χ0n) is 14.8. The first-order chi connectivity index (χ1) is 13.8. The molecule has 150 valence electrons. The van der Waals surface area contributed by atoms with Crippen LogP contribution in [0.4, 0.5) is 13.2 Å². The van der Waals surface area contributed by atoms with E-state index in [4.69, 9.17) is 9.84 Å². The van der Waals surface area contributed by atoms with Crippen molar-refractivity contribution in [3.8, 4) is 22.9 Å². The minimum Gasteiger partial charge on any atom is -0.457 e. The highest BCUT2D eigenvalue weighted by molar-refractivity contribution is 5.97. The number of aromatic nitrogens is 2. The van der Waals surface area contributed by atoms with Crippen LogP contribution in [0, 0.1) is 0 Å². The number of rotatable bonds is 6. The molecule has 2 N–H and O–H groups in total. The summed E-state index contributed by atoms with van der Waals surface area (Å²) in [6.07, 6.45) is -4.62. The average molecular weight is 404 g/mol. The Bertz CT molecular complexity index is 990. The molecule has 1 heterocycles. The molecule has 0 saturated carbocycles. The van der Waals surface area contributed by atoms with Crippen molar-refractivity contribution in [1.29, 1.82) is 0 Å². The zero-order valence-corrected chi connectivity index (χ0v) is 14.8. The van der Waals surface area contributed by atoms with Gasteiger partial charge in [-0.1, -0.05) is 0 Å². The van der Waals surface area contributed by atoms with E-state index in [2.05, 4.69) is 9.97 Å². The Morgan fingerprint density at radius 2 is 1.59 bits per heavy atom. The number of carbonyl (C=O) groups is 1. The minimum atomic E-state index is -4.41. The summed E-state index contributed by atoms with van der Waals surface area (Å²) in [5.74, 6) is 0.129. The summed E-state index contributed by atoms with van der Waals surface area (Å²) in [7, 11) is 0. The molecule has 0 radical (unpaired) electrons. The third-order valence-electron chi connectivity index (χ3n) is 3.91. The highest BCUT2D eigenvalue weighted by Gasteiger charge is 2.30. The molecule has 0 unspecified atom stereocenters. The number of Topliss-reactive ketones (excluding diaryl/α,β-unsaturated/α-hetero) is 1. The van der Waals surface area contributed by atoms with Crippen molar-refractivity contribution in [3.63, 3.8) is 0 Å². The van der Waals surface area contributed by atoms with Gasteiger partial charge in [-0.15, -0.1) is 0 Å². The number of benzene rings is 2. The average Bonchev–Trinajstić information content (AvgIpc) is 2.73. The van der Waals surface area contributed by atoms with E-state index in [-0.39, 0.29) is 17.3 Å². The predicted octanol–water partition coefficient (Wildman–Crippen LogP) is 3.49. The number of aliphatic hydroxyl groups excluding tert-OH is 2. The molecular weight excluding hydrogens is 389 g/mol. The lowest BCUT2D eigenvalue weighted by atomic mass is 10.1. The summed E-state index contributed by atoms with van der Waals surface area (Å²) in [6.45, 7) is -0.714.